The second kappa shape index (κ2) is 7.01. The van der Waals surface area contributed by atoms with Gasteiger partial charge in [0, 0.05) is 13.5 Å². The summed E-state index contributed by atoms with van der Waals surface area (Å²) < 4.78 is 4.88. The first kappa shape index (κ1) is 13.6. The number of aromatic nitrogens is 1. The van der Waals surface area contributed by atoms with Gasteiger partial charge in [0.05, 0.1) is 17.7 Å². The molecule has 0 aliphatic carbocycles. The number of rotatable bonds is 4. The molecule has 0 spiro atoms. The molecule has 0 aromatic carbocycles. The lowest BCUT2D eigenvalue weighted by Crippen LogP contribution is -2.26. The van der Waals surface area contributed by atoms with E-state index in [-0.39, 0.29) is 12.5 Å². The maximum absolute atomic E-state index is 11.5. The van der Waals surface area contributed by atoms with Crippen molar-refractivity contribution >= 4 is 22.4 Å². The van der Waals surface area contributed by atoms with Crippen molar-refractivity contribution in [2.45, 2.75) is 19.4 Å². The fourth-order valence-corrected chi connectivity index (χ4v) is 1.60. The van der Waals surface area contributed by atoms with Gasteiger partial charge in [0.25, 0.3) is 5.91 Å². The van der Waals surface area contributed by atoms with E-state index in [2.05, 4.69) is 22.1 Å². The summed E-state index contributed by atoms with van der Waals surface area (Å²) in [6.45, 7) is 1.70. The third-order valence-corrected chi connectivity index (χ3v) is 2.74. The van der Waals surface area contributed by atoms with E-state index in [0.29, 0.717) is 11.6 Å². The first-order valence-electron chi connectivity index (χ1n) is 5.06. The number of methoxy groups -OCH3 is 1. The van der Waals surface area contributed by atoms with Gasteiger partial charge in [0.1, 0.15) is 6.10 Å². The molecule has 2 N–H and O–H groups in total. The van der Waals surface area contributed by atoms with Gasteiger partial charge < -0.3 is 9.84 Å². The van der Waals surface area contributed by atoms with Crippen molar-refractivity contribution in [1.29, 1.82) is 0 Å². The van der Waals surface area contributed by atoms with Crippen molar-refractivity contribution in [3.8, 4) is 11.8 Å². The van der Waals surface area contributed by atoms with Crippen LogP contribution in [0.15, 0.2) is 6.20 Å². The molecule has 0 radical (unpaired) electrons. The summed E-state index contributed by atoms with van der Waals surface area (Å²) in [5, 5.41) is 11.7. The molecule has 92 valence electrons. The molecule has 0 bridgehead atoms. The monoisotopic (exact) mass is 254 g/mol. The van der Waals surface area contributed by atoms with Gasteiger partial charge >= 0.3 is 0 Å². The number of nitrogens with zero attached hydrogens (tertiary/aromatic N) is 1. The standard InChI is InChI=1S/C11H14N2O3S/c1-8(16-2)10(15)13-11-12-7-9(17-11)5-3-4-6-14/h7-8,14H,4,6H2,1-2H3,(H,12,13,15). The molecule has 17 heavy (non-hydrogen) atoms. The van der Waals surface area contributed by atoms with Crippen molar-refractivity contribution in [1.82, 2.24) is 4.98 Å². The minimum Gasteiger partial charge on any atom is -0.395 e. The van der Waals surface area contributed by atoms with Crippen LogP contribution in [0.3, 0.4) is 0 Å². The highest BCUT2D eigenvalue weighted by molar-refractivity contribution is 7.16. The number of carbonyl (C=O) groups is 1. The molecule has 0 aliphatic rings. The largest absolute Gasteiger partial charge is 0.395 e. The Morgan fingerprint density at radius 2 is 2.53 bits per heavy atom. The van der Waals surface area contributed by atoms with Gasteiger partial charge in [-0.3, -0.25) is 10.1 Å². The van der Waals surface area contributed by atoms with Crippen LogP contribution in [0.4, 0.5) is 5.13 Å². The Kier molecular flexibility index (Phi) is 5.63. The highest BCUT2D eigenvalue weighted by Gasteiger charge is 2.12. The molecule has 1 heterocycles. The summed E-state index contributed by atoms with van der Waals surface area (Å²) in [6, 6.07) is 0. The van der Waals surface area contributed by atoms with Gasteiger partial charge in [0.15, 0.2) is 5.13 Å². The van der Waals surface area contributed by atoms with E-state index < -0.39 is 6.10 Å². The molecule has 0 fully saturated rings. The van der Waals surface area contributed by atoms with Crippen LogP contribution in [0, 0.1) is 11.8 Å². The summed E-state index contributed by atoms with van der Waals surface area (Å²) in [5.41, 5.74) is 0. The minimum atomic E-state index is -0.511. The molecule has 0 saturated heterocycles. The third-order valence-electron chi connectivity index (χ3n) is 1.91. The smallest absolute Gasteiger partial charge is 0.254 e. The minimum absolute atomic E-state index is 0.0424. The average Bonchev–Trinajstić information content (AvgIpc) is 2.76. The van der Waals surface area contributed by atoms with Crippen molar-refractivity contribution in [2.24, 2.45) is 0 Å². The Morgan fingerprint density at radius 3 is 3.18 bits per heavy atom. The Labute approximate surface area is 104 Å². The molecular formula is C11H14N2O3S. The quantitative estimate of drug-likeness (QED) is 0.781. The molecule has 1 atom stereocenters. The van der Waals surface area contributed by atoms with E-state index in [9.17, 15) is 4.79 Å². The molecule has 1 rings (SSSR count). The van der Waals surface area contributed by atoms with Gasteiger partial charge in [0.2, 0.25) is 0 Å². The second-order valence-corrected chi connectivity index (χ2v) is 4.20. The first-order chi connectivity index (χ1) is 8.17. The highest BCUT2D eigenvalue weighted by Crippen LogP contribution is 2.17. The van der Waals surface area contributed by atoms with Crippen molar-refractivity contribution in [3.05, 3.63) is 11.1 Å². The molecule has 0 aliphatic heterocycles. The molecule has 1 aromatic rings. The number of aliphatic hydroxyl groups excluding tert-OH is 1. The Bertz CT molecular complexity index is 433. The van der Waals surface area contributed by atoms with Gasteiger partial charge in [-0.05, 0) is 6.92 Å². The summed E-state index contributed by atoms with van der Waals surface area (Å²) >= 11 is 1.29. The van der Waals surface area contributed by atoms with E-state index in [1.165, 1.54) is 18.4 Å². The van der Waals surface area contributed by atoms with Gasteiger partial charge in [-0.15, -0.1) is 0 Å². The predicted molar refractivity (Wildman–Crippen MR) is 65.8 cm³/mol. The van der Waals surface area contributed by atoms with Crippen LogP contribution in [0.2, 0.25) is 0 Å². The maximum atomic E-state index is 11.5. The van der Waals surface area contributed by atoms with E-state index in [4.69, 9.17) is 9.84 Å². The summed E-state index contributed by atoms with van der Waals surface area (Å²) in [7, 11) is 1.47. The average molecular weight is 254 g/mol. The zero-order valence-electron chi connectivity index (χ0n) is 9.69. The van der Waals surface area contributed by atoms with Crippen LogP contribution in [0.25, 0.3) is 0 Å². The number of nitrogens with one attached hydrogen (secondary N) is 1. The summed E-state index contributed by atoms with van der Waals surface area (Å²) in [5.74, 6) is 5.39. The van der Waals surface area contributed by atoms with Crippen molar-refractivity contribution in [2.75, 3.05) is 19.0 Å². The predicted octanol–water partition coefficient (Wildman–Crippen LogP) is 0.850. The zero-order chi connectivity index (χ0) is 12.7. The summed E-state index contributed by atoms with van der Waals surface area (Å²) in [4.78, 5) is 16.2. The molecule has 5 nitrogen and oxygen atoms in total. The number of carbonyl (C=O) groups excluding carboxylic acids is 1. The lowest BCUT2D eigenvalue weighted by atomic mass is 10.4. The topological polar surface area (TPSA) is 71.5 Å². The van der Waals surface area contributed by atoms with Gasteiger partial charge in [-0.25, -0.2) is 4.98 Å². The van der Waals surface area contributed by atoms with E-state index in [1.807, 2.05) is 0 Å². The lowest BCUT2D eigenvalue weighted by molar-refractivity contribution is -0.124. The molecule has 0 saturated carbocycles. The van der Waals surface area contributed by atoms with Crippen LogP contribution in [0.1, 0.15) is 18.2 Å². The molecular weight excluding hydrogens is 240 g/mol. The number of hydrogen-bond donors (Lipinski definition) is 2. The fourth-order valence-electron chi connectivity index (χ4n) is 0.909. The zero-order valence-corrected chi connectivity index (χ0v) is 10.5. The van der Waals surface area contributed by atoms with Crippen LogP contribution in [-0.2, 0) is 9.53 Å². The fraction of sp³-hybridized carbons (Fsp3) is 0.455. The van der Waals surface area contributed by atoms with Crippen LogP contribution in [-0.4, -0.2) is 35.8 Å². The Hall–Kier alpha value is -1.42. The Balaban J connectivity index is 2.57. The number of ether oxygens (including phenoxy) is 1. The number of amides is 1. The van der Waals surface area contributed by atoms with Gasteiger partial charge in [-0.2, -0.15) is 0 Å². The molecule has 1 amide bonds. The lowest BCUT2D eigenvalue weighted by Gasteiger charge is -2.07. The maximum Gasteiger partial charge on any atom is 0.254 e. The SMILES string of the molecule is COC(C)C(=O)Nc1ncc(C#CCCO)s1. The molecule has 6 heteroatoms. The van der Waals surface area contributed by atoms with Crippen molar-refractivity contribution in [3.63, 3.8) is 0 Å². The number of hydrogen-bond acceptors (Lipinski definition) is 5. The molecule has 1 aromatic heterocycles. The van der Waals surface area contributed by atoms with Gasteiger partial charge in [-0.1, -0.05) is 23.2 Å². The second-order valence-electron chi connectivity index (χ2n) is 3.17. The Morgan fingerprint density at radius 1 is 1.76 bits per heavy atom. The number of anilines is 1. The highest BCUT2D eigenvalue weighted by atomic mass is 32.1. The molecule has 1 unspecified atom stereocenters. The van der Waals surface area contributed by atoms with E-state index in [1.54, 1.807) is 13.1 Å². The summed E-state index contributed by atoms with van der Waals surface area (Å²) in [6.07, 6.45) is 1.51. The normalized spacial score (nSPS) is 11.5. The number of thiazole rings is 1. The van der Waals surface area contributed by atoms with Crippen LogP contribution >= 0.6 is 11.3 Å². The number of aliphatic hydroxyl groups is 1. The third kappa shape index (κ3) is 4.53. The first-order valence-corrected chi connectivity index (χ1v) is 5.88. The van der Waals surface area contributed by atoms with E-state index >= 15 is 0 Å². The van der Waals surface area contributed by atoms with Crippen molar-refractivity contribution < 1.29 is 14.6 Å². The van der Waals surface area contributed by atoms with Crippen LogP contribution < -0.4 is 5.32 Å². The van der Waals surface area contributed by atoms with Crippen LogP contribution in [0.5, 0.6) is 0 Å². The van der Waals surface area contributed by atoms with E-state index in [0.717, 1.165) is 4.88 Å².